The van der Waals surface area contributed by atoms with E-state index in [1.165, 1.54) is 38.2 Å². The van der Waals surface area contributed by atoms with Gasteiger partial charge in [-0.15, -0.1) is 0 Å². The van der Waals surface area contributed by atoms with Crippen LogP contribution in [0.15, 0.2) is 36.5 Å². The van der Waals surface area contributed by atoms with E-state index in [0.29, 0.717) is 11.3 Å². The number of hydrogen-bond acceptors (Lipinski definition) is 2. The fraction of sp³-hybridized carbons (Fsp3) is 0.333. The Hall–Kier alpha value is -2.15. The molecule has 3 nitrogen and oxygen atoms in total. The summed E-state index contributed by atoms with van der Waals surface area (Å²) >= 11 is 6.06. The van der Waals surface area contributed by atoms with Gasteiger partial charge in [-0.2, -0.15) is 13.2 Å². The number of aromatic nitrogens is 1. The molecule has 0 saturated carbocycles. The van der Waals surface area contributed by atoms with Crippen LogP contribution >= 0.6 is 11.6 Å². The molecule has 0 fully saturated rings. The normalized spacial score (nSPS) is 12.1. The summed E-state index contributed by atoms with van der Waals surface area (Å²) in [6.45, 7) is 2.78. The molecule has 2 aromatic rings. The summed E-state index contributed by atoms with van der Waals surface area (Å²) in [4.78, 5) is 16.1. The highest BCUT2D eigenvalue weighted by Crippen LogP contribution is 2.32. The van der Waals surface area contributed by atoms with Gasteiger partial charge in [0.1, 0.15) is 5.67 Å². The number of rotatable bonds is 5. The van der Waals surface area contributed by atoms with Gasteiger partial charge in [-0.1, -0.05) is 23.7 Å². The molecule has 2 rings (SSSR count). The lowest BCUT2D eigenvalue weighted by Crippen LogP contribution is -2.28. The smallest absolute Gasteiger partial charge is 0.352 e. The van der Waals surface area contributed by atoms with Crippen LogP contribution in [0.3, 0.4) is 0 Å². The van der Waals surface area contributed by atoms with Crippen molar-refractivity contribution in [1.82, 2.24) is 10.3 Å². The molecule has 8 heteroatoms. The van der Waals surface area contributed by atoms with E-state index in [2.05, 4.69) is 10.3 Å². The number of carbonyl (C=O) groups excluding carboxylic acids is 1. The Morgan fingerprint density at radius 1 is 1.19 bits per heavy atom. The van der Waals surface area contributed by atoms with Crippen molar-refractivity contribution in [1.29, 1.82) is 0 Å². The van der Waals surface area contributed by atoms with Crippen molar-refractivity contribution < 1.29 is 22.4 Å². The van der Waals surface area contributed by atoms with Crippen molar-refractivity contribution >= 4 is 17.5 Å². The van der Waals surface area contributed by atoms with Gasteiger partial charge < -0.3 is 5.32 Å². The van der Waals surface area contributed by atoms with Gasteiger partial charge in [0.25, 0.3) is 5.91 Å². The van der Waals surface area contributed by atoms with Crippen molar-refractivity contribution in [3.8, 4) is 0 Å². The minimum Gasteiger partial charge on any atom is -0.352 e. The van der Waals surface area contributed by atoms with E-state index in [4.69, 9.17) is 11.6 Å². The van der Waals surface area contributed by atoms with E-state index in [1.54, 1.807) is 0 Å². The van der Waals surface area contributed by atoms with Crippen LogP contribution in [0.2, 0.25) is 5.02 Å². The monoisotopic (exact) mass is 388 g/mol. The quantitative estimate of drug-likeness (QED) is 0.738. The van der Waals surface area contributed by atoms with Crippen molar-refractivity contribution in [3.63, 3.8) is 0 Å². The van der Waals surface area contributed by atoms with Gasteiger partial charge in [-0.25, -0.2) is 4.39 Å². The molecule has 1 aromatic heterocycles. The summed E-state index contributed by atoms with van der Waals surface area (Å²) in [6.07, 6.45) is -3.07. The molecule has 1 heterocycles. The van der Waals surface area contributed by atoms with Crippen LogP contribution in [0.5, 0.6) is 0 Å². The van der Waals surface area contributed by atoms with E-state index in [9.17, 15) is 22.4 Å². The molecule has 0 atom stereocenters. The zero-order valence-electron chi connectivity index (χ0n) is 14.1. The molecular weight excluding hydrogens is 372 g/mol. The first-order chi connectivity index (χ1) is 12.0. The molecule has 0 aliphatic rings. The molecule has 0 radical (unpaired) electrons. The summed E-state index contributed by atoms with van der Waals surface area (Å²) in [5.41, 5.74) is -2.31. The average Bonchev–Trinajstić information content (AvgIpc) is 2.54. The molecule has 0 aliphatic carbocycles. The number of hydrogen-bond donors (Lipinski definition) is 1. The van der Waals surface area contributed by atoms with Gasteiger partial charge in [-0.05, 0) is 32.0 Å². The second-order valence-electron chi connectivity index (χ2n) is 6.17. The van der Waals surface area contributed by atoms with Crippen LogP contribution in [0.25, 0.3) is 0 Å². The van der Waals surface area contributed by atoms with Gasteiger partial charge in [0.15, 0.2) is 0 Å². The van der Waals surface area contributed by atoms with Gasteiger partial charge in [-0.3, -0.25) is 9.78 Å². The van der Waals surface area contributed by atoms with E-state index in [-0.39, 0.29) is 18.0 Å². The SMILES string of the molecule is CC(C)(F)c1cnc(CCNC(=O)c2ccccc2C(F)(F)F)c(Cl)c1. The largest absolute Gasteiger partial charge is 0.417 e. The molecule has 140 valence electrons. The Labute approximate surface area is 153 Å². The first kappa shape index (κ1) is 20.2. The standard InChI is InChI=1S/C18H17ClF4N2O/c1-17(2,20)11-9-14(19)15(25-10-11)7-8-24-16(26)12-5-3-4-6-13(12)18(21,22)23/h3-6,9-10H,7-8H2,1-2H3,(H,24,26). The Morgan fingerprint density at radius 2 is 1.85 bits per heavy atom. The molecule has 0 aliphatic heterocycles. The summed E-state index contributed by atoms with van der Waals surface area (Å²) in [5.74, 6) is -0.837. The molecule has 0 spiro atoms. The zero-order chi connectivity index (χ0) is 19.5. The third-order valence-corrected chi connectivity index (χ3v) is 4.06. The predicted octanol–water partition coefficient (Wildman–Crippen LogP) is 4.93. The zero-order valence-corrected chi connectivity index (χ0v) is 14.9. The average molecular weight is 389 g/mol. The Morgan fingerprint density at radius 3 is 2.42 bits per heavy atom. The number of benzene rings is 1. The maximum absolute atomic E-state index is 13.9. The van der Waals surface area contributed by atoms with Gasteiger partial charge in [0.05, 0.1) is 21.8 Å². The summed E-state index contributed by atoms with van der Waals surface area (Å²) in [5, 5.41) is 2.65. The maximum Gasteiger partial charge on any atom is 0.417 e. The first-order valence-electron chi connectivity index (χ1n) is 7.78. The number of alkyl halides is 4. The minimum absolute atomic E-state index is 0.0378. The lowest BCUT2D eigenvalue weighted by molar-refractivity contribution is -0.137. The van der Waals surface area contributed by atoms with Crippen LogP contribution in [-0.2, 0) is 18.3 Å². The topological polar surface area (TPSA) is 42.0 Å². The summed E-state index contributed by atoms with van der Waals surface area (Å²) in [7, 11) is 0. The van der Waals surface area contributed by atoms with Gasteiger partial charge in [0.2, 0.25) is 0 Å². The fourth-order valence-corrected chi connectivity index (χ4v) is 2.55. The van der Waals surface area contributed by atoms with E-state index in [0.717, 1.165) is 12.1 Å². The molecular formula is C18H17ClF4N2O. The van der Waals surface area contributed by atoms with Crippen molar-refractivity contribution in [2.45, 2.75) is 32.1 Å². The highest BCUT2D eigenvalue weighted by Gasteiger charge is 2.34. The minimum atomic E-state index is -4.62. The number of halogens is 5. The lowest BCUT2D eigenvalue weighted by Gasteiger charge is -2.15. The lowest BCUT2D eigenvalue weighted by atomic mass is 10.0. The van der Waals surface area contributed by atoms with Crippen LogP contribution in [0.1, 0.15) is 41.0 Å². The predicted molar refractivity (Wildman–Crippen MR) is 90.9 cm³/mol. The van der Waals surface area contributed by atoms with E-state index >= 15 is 0 Å². The second kappa shape index (κ2) is 7.61. The summed E-state index contributed by atoms with van der Waals surface area (Å²) < 4.78 is 52.7. The second-order valence-corrected chi connectivity index (χ2v) is 6.58. The molecule has 26 heavy (non-hydrogen) atoms. The third kappa shape index (κ3) is 4.94. The van der Waals surface area contributed by atoms with Crippen molar-refractivity contribution in [3.05, 3.63) is 63.9 Å². The number of carbonyl (C=O) groups is 1. The number of nitrogens with one attached hydrogen (secondary N) is 1. The highest BCUT2D eigenvalue weighted by atomic mass is 35.5. The number of nitrogens with zero attached hydrogens (tertiary/aromatic N) is 1. The van der Waals surface area contributed by atoms with Gasteiger partial charge >= 0.3 is 6.18 Å². The van der Waals surface area contributed by atoms with Crippen molar-refractivity contribution in [2.24, 2.45) is 0 Å². The molecule has 0 unspecified atom stereocenters. The molecule has 1 N–H and O–H groups in total. The van der Waals surface area contributed by atoms with Crippen LogP contribution in [0.4, 0.5) is 17.6 Å². The van der Waals surface area contributed by atoms with Crippen LogP contribution in [-0.4, -0.2) is 17.4 Å². The van der Waals surface area contributed by atoms with Crippen LogP contribution < -0.4 is 5.32 Å². The maximum atomic E-state index is 13.9. The highest BCUT2D eigenvalue weighted by molar-refractivity contribution is 6.31. The van der Waals surface area contributed by atoms with E-state index < -0.39 is 28.9 Å². The van der Waals surface area contributed by atoms with E-state index in [1.807, 2.05) is 0 Å². The Bertz CT molecular complexity index is 801. The Balaban J connectivity index is 2.04. The molecule has 1 amide bonds. The summed E-state index contributed by atoms with van der Waals surface area (Å²) in [6, 6.07) is 5.99. The molecule has 1 aromatic carbocycles. The number of pyridine rings is 1. The van der Waals surface area contributed by atoms with Crippen LogP contribution in [0, 0.1) is 0 Å². The van der Waals surface area contributed by atoms with Crippen molar-refractivity contribution in [2.75, 3.05) is 6.54 Å². The third-order valence-electron chi connectivity index (χ3n) is 3.73. The fourth-order valence-electron chi connectivity index (χ4n) is 2.29. The molecule has 0 bridgehead atoms. The Kier molecular flexibility index (Phi) is 5.91. The van der Waals surface area contributed by atoms with Gasteiger partial charge in [0, 0.05) is 24.7 Å². The first-order valence-corrected chi connectivity index (χ1v) is 8.16. The molecule has 0 saturated heterocycles. The number of amides is 1.